The number of methoxy groups -OCH3 is 2. The van der Waals surface area contributed by atoms with E-state index in [0.717, 1.165) is 22.4 Å². The minimum atomic E-state index is -0.521. The number of ketones is 1. The average Bonchev–Trinajstić information content (AvgIpc) is 3.00. The lowest BCUT2D eigenvalue weighted by Crippen LogP contribution is -2.54. The quantitative estimate of drug-likeness (QED) is 0.455. The van der Waals surface area contributed by atoms with Crippen LogP contribution < -0.4 is 14.4 Å². The van der Waals surface area contributed by atoms with Gasteiger partial charge in [0.25, 0.3) is 5.91 Å². The van der Waals surface area contributed by atoms with E-state index in [-0.39, 0.29) is 17.6 Å². The summed E-state index contributed by atoms with van der Waals surface area (Å²) in [6.07, 6.45) is 0.683. The van der Waals surface area contributed by atoms with E-state index in [0.29, 0.717) is 61.8 Å². The molecule has 3 aliphatic rings. The topological polar surface area (TPSA) is 79.4 Å². The first-order valence-corrected chi connectivity index (χ1v) is 13.7. The van der Waals surface area contributed by atoms with Crippen molar-refractivity contribution in [2.45, 2.75) is 25.3 Å². The second-order valence-electron chi connectivity index (χ2n) is 10.6. The van der Waals surface area contributed by atoms with Crippen LogP contribution in [-0.4, -0.2) is 74.3 Å². The highest BCUT2D eigenvalue weighted by molar-refractivity contribution is 6.01. The minimum absolute atomic E-state index is 0.0316. The van der Waals surface area contributed by atoms with Gasteiger partial charge < -0.3 is 24.2 Å². The number of anilines is 1. The van der Waals surface area contributed by atoms with Crippen molar-refractivity contribution >= 4 is 23.3 Å². The highest BCUT2D eigenvalue weighted by Crippen LogP contribution is 2.49. The average molecular weight is 540 g/mol. The van der Waals surface area contributed by atoms with E-state index < -0.39 is 12.0 Å². The third-order valence-electron chi connectivity index (χ3n) is 8.52. The zero-order valence-electron chi connectivity index (χ0n) is 23.1. The lowest BCUT2D eigenvalue weighted by Gasteiger charge is -2.47. The van der Waals surface area contributed by atoms with Crippen LogP contribution in [0.5, 0.6) is 11.5 Å². The van der Waals surface area contributed by atoms with Crippen LogP contribution >= 0.6 is 0 Å². The van der Waals surface area contributed by atoms with Crippen molar-refractivity contribution in [2.75, 3.05) is 51.8 Å². The monoisotopic (exact) mass is 539 g/mol. The molecule has 0 radical (unpaired) electrons. The van der Waals surface area contributed by atoms with Crippen LogP contribution in [-0.2, 0) is 11.2 Å². The van der Waals surface area contributed by atoms with Crippen molar-refractivity contribution in [3.05, 3.63) is 88.5 Å². The van der Waals surface area contributed by atoms with Gasteiger partial charge >= 0.3 is 0 Å². The SMILES string of the molecule is COc1cc2c(cc1OC)C1C(C(=O)N3CCN(c4ccc(C(C)=O)cc4)CC3)c3ccccc3C(=O)N1CC2. The maximum atomic E-state index is 14.4. The molecule has 1 saturated heterocycles. The molecule has 8 nitrogen and oxygen atoms in total. The second-order valence-corrected chi connectivity index (χ2v) is 10.6. The Morgan fingerprint density at radius 2 is 1.50 bits per heavy atom. The van der Waals surface area contributed by atoms with E-state index in [4.69, 9.17) is 9.47 Å². The number of hydrogen-bond acceptors (Lipinski definition) is 6. The zero-order chi connectivity index (χ0) is 28.0. The summed E-state index contributed by atoms with van der Waals surface area (Å²) in [7, 11) is 3.21. The van der Waals surface area contributed by atoms with Crippen molar-refractivity contribution in [1.29, 1.82) is 0 Å². The molecule has 0 aromatic heterocycles. The minimum Gasteiger partial charge on any atom is -0.493 e. The van der Waals surface area contributed by atoms with Gasteiger partial charge in [-0.3, -0.25) is 14.4 Å². The fraction of sp³-hybridized carbons (Fsp3) is 0.344. The Morgan fingerprint density at radius 3 is 2.17 bits per heavy atom. The number of nitrogens with zero attached hydrogens (tertiary/aromatic N) is 3. The molecule has 6 rings (SSSR count). The third kappa shape index (κ3) is 4.28. The van der Waals surface area contributed by atoms with Crippen molar-refractivity contribution in [3.8, 4) is 11.5 Å². The number of fused-ring (bicyclic) bond motifs is 4. The summed E-state index contributed by atoms with van der Waals surface area (Å²) in [6.45, 7) is 4.63. The van der Waals surface area contributed by atoms with Gasteiger partial charge in [0.05, 0.1) is 26.2 Å². The molecule has 0 aliphatic carbocycles. The van der Waals surface area contributed by atoms with Gasteiger partial charge in [0.15, 0.2) is 17.3 Å². The molecule has 1 fully saturated rings. The van der Waals surface area contributed by atoms with E-state index >= 15 is 0 Å². The predicted octanol–water partition coefficient (Wildman–Crippen LogP) is 4.09. The number of Topliss-reactive ketones (excluding diaryl/α,β-unsaturated/α-hetero) is 1. The predicted molar refractivity (Wildman–Crippen MR) is 151 cm³/mol. The standard InChI is InChI=1S/C32H33N3O5/c1-20(36)21-8-10-23(11-9-21)33-14-16-34(17-15-33)32(38)29-24-6-4-5-7-25(24)31(37)35-13-12-22-18-27(39-2)28(40-3)19-26(22)30(29)35/h4-11,18-19,29-30H,12-17H2,1-3H3. The summed E-state index contributed by atoms with van der Waals surface area (Å²) in [5.41, 5.74) is 5.12. The Bertz CT molecular complexity index is 1480. The van der Waals surface area contributed by atoms with Gasteiger partial charge in [-0.25, -0.2) is 0 Å². The third-order valence-corrected chi connectivity index (χ3v) is 8.52. The van der Waals surface area contributed by atoms with Gasteiger partial charge in [-0.2, -0.15) is 0 Å². The smallest absolute Gasteiger partial charge is 0.254 e. The molecule has 0 N–H and O–H groups in total. The van der Waals surface area contributed by atoms with Gasteiger partial charge in [-0.05, 0) is 72.5 Å². The Morgan fingerprint density at radius 1 is 0.825 bits per heavy atom. The molecule has 3 aromatic carbocycles. The van der Waals surface area contributed by atoms with Gasteiger partial charge in [0, 0.05) is 49.5 Å². The Balaban J connectivity index is 1.32. The molecular formula is C32H33N3O5. The lowest BCUT2D eigenvalue weighted by atomic mass is 9.75. The van der Waals surface area contributed by atoms with Crippen LogP contribution in [0, 0.1) is 0 Å². The highest BCUT2D eigenvalue weighted by Gasteiger charge is 2.48. The van der Waals surface area contributed by atoms with Crippen LogP contribution in [0.15, 0.2) is 60.7 Å². The molecule has 2 unspecified atom stereocenters. The summed E-state index contributed by atoms with van der Waals surface area (Å²) in [5, 5.41) is 0. The summed E-state index contributed by atoms with van der Waals surface area (Å²) in [5.74, 6) is 0.751. The summed E-state index contributed by atoms with van der Waals surface area (Å²) < 4.78 is 11.2. The normalized spacial score (nSPS) is 19.9. The molecule has 2 atom stereocenters. The van der Waals surface area contributed by atoms with Crippen LogP contribution in [0.4, 0.5) is 5.69 Å². The summed E-state index contributed by atoms with van der Waals surface area (Å²) >= 11 is 0. The lowest BCUT2D eigenvalue weighted by molar-refractivity contribution is -0.135. The molecule has 206 valence electrons. The molecule has 0 spiro atoms. The largest absolute Gasteiger partial charge is 0.493 e. The van der Waals surface area contributed by atoms with Crippen LogP contribution in [0.1, 0.15) is 56.3 Å². The van der Waals surface area contributed by atoms with Crippen LogP contribution in [0.3, 0.4) is 0 Å². The van der Waals surface area contributed by atoms with Crippen LogP contribution in [0.25, 0.3) is 0 Å². The van der Waals surface area contributed by atoms with Crippen molar-refractivity contribution in [1.82, 2.24) is 9.80 Å². The molecule has 0 bridgehead atoms. The number of rotatable bonds is 5. The fourth-order valence-electron chi connectivity index (χ4n) is 6.41. The maximum absolute atomic E-state index is 14.4. The first kappa shape index (κ1) is 25.9. The Kier molecular flexibility index (Phi) is 6.70. The zero-order valence-corrected chi connectivity index (χ0v) is 23.1. The molecule has 40 heavy (non-hydrogen) atoms. The van der Waals surface area contributed by atoms with Crippen molar-refractivity contribution in [3.63, 3.8) is 0 Å². The highest BCUT2D eigenvalue weighted by atomic mass is 16.5. The van der Waals surface area contributed by atoms with E-state index in [9.17, 15) is 14.4 Å². The number of piperazine rings is 1. The Hall–Kier alpha value is -4.33. The molecule has 3 heterocycles. The summed E-state index contributed by atoms with van der Waals surface area (Å²) in [4.78, 5) is 45.8. The Labute approximate surface area is 234 Å². The molecule has 0 saturated carbocycles. The molecule has 8 heteroatoms. The van der Waals surface area contributed by atoms with Gasteiger partial charge in [-0.15, -0.1) is 0 Å². The number of carbonyl (C=O) groups excluding carboxylic acids is 3. The fourth-order valence-corrected chi connectivity index (χ4v) is 6.41. The van der Waals surface area contributed by atoms with E-state index in [2.05, 4.69) is 4.90 Å². The number of benzene rings is 3. The van der Waals surface area contributed by atoms with E-state index in [1.807, 2.05) is 70.5 Å². The first-order valence-electron chi connectivity index (χ1n) is 13.7. The maximum Gasteiger partial charge on any atom is 0.254 e. The molecule has 2 amide bonds. The molecular weight excluding hydrogens is 506 g/mol. The summed E-state index contributed by atoms with van der Waals surface area (Å²) in [6, 6.07) is 18.7. The van der Waals surface area contributed by atoms with Gasteiger partial charge in [0.2, 0.25) is 5.91 Å². The molecule has 3 aliphatic heterocycles. The van der Waals surface area contributed by atoms with Gasteiger partial charge in [0.1, 0.15) is 0 Å². The van der Waals surface area contributed by atoms with E-state index in [1.165, 1.54) is 0 Å². The molecule has 3 aromatic rings. The van der Waals surface area contributed by atoms with Gasteiger partial charge in [-0.1, -0.05) is 18.2 Å². The number of hydrogen-bond donors (Lipinski definition) is 0. The van der Waals surface area contributed by atoms with Crippen molar-refractivity contribution < 1.29 is 23.9 Å². The number of carbonyl (C=O) groups is 3. The number of ether oxygens (including phenoxy) is 2. The van der Waals surface area contributed by atoms with Crippen LogP contribution in [0.2, 0.25) is 0 Å². The second kappa shape index (κ2) is 10.3. The van der Waals surface area contributed by atoms with E-state index in [1.54, 1.807) is 21.1 Å². The first-order chi connectivity index (χ1) is 19.4. The number of amides is 2. The van der Waals surface area contributed by atoms with Crippen molar-refractivity contribution in [2.24, 2.45) is 0 Å².